The minimum Gasteiger partial charge on any atom is -0.297 e. The first-order valence-electron chi connectivity index (χ1n) is 9.42. The van der Waals surface area contributed by atoms with Crippen LogP contribution in [0.5, 0.6) is 0 Å². The van der Waals surface area contributed by atoms with E-state index in [4.69, 9.17) is 11.6 Å². The van der Waals surface area contributed by atoms with Gasteiger partial charge in [-0.15, -0.1) is 0 Å². The van der Waals surface area contributed by atoms with Crippen LogP contribution in [0.25, 0.3) is 6.08 Å². The first kappa shape index (κ1) is 20.3. The lowest BCUT2D eigenvalue weighted by atomic mass is 10.2. The molecule has 5 nitrogen and oxygen atoms in total. The monoisotopic (exact) mass is 396 g/mol. The van der Waals surface area contributed by atoms with E-state index in [9.17, 15) is 4.79 Å². The molecule has 0 bridgehead atoms. The highest BCUT2D eigenvalue weighted by atomic mass is 35.5. The minimum absolute atomic E-state index is 0.0875. The third-order valence-electron chi connectivity index (χ3n) is 4.59. The van der Waals surface area contributed by atoms with Crippen molar-refractivity contribution < 1.29 is 4.79 Å². The van der Waals surface area contributed by atoms with Crippen LogP contribution >= 0.6 is 11.6 Å². The number of rotatable bonds is 7. The van der Waals surface area contributed by atoms with Crippen molar-refractivity contribution in [3.63, 3.8) is 0 Å². The topological polar surface area (TPSA) is 47.9 Å². The summed E-state index contributed by atoms with van der Waals surface area (Å²) >= 11 is 5.93. The third-order valence-corrected chi connectivity index (χ3v) is 4.84. The summed E-state index contributed by atoms with van der Waals surface area (Å²) in [5.41, 5.74) is 4.94. The Labute approximate surface area is 171 Å². The molecule has 1 heterocycles. The predicted molar refractivity (Wildman–Crippen MR) is 115 cm³/mol. The molecule has 0 aromatic heterocycles. The SMILES string of the molecule is O=C(CN1CCN(Cc2ccc(Cl)cc2)CC1)N/N=C\C=C\c1ccccc1. The van der Waals surface area contributed by atoms with Crippen LogP contribution in [0.1, 0.15) is 11.1 Å². The average molecular weight is 397 g/mol. The second-order valence-electron chi connectivity index (χ2n) is 6.76. The maximum atomic E-state index is 12.0. The van der Waals surface area contributed by atoms with Crippen LogP contribution in [0, 0.1) is 0 Å². The van der Waals surface area contributed by atoms with Gasteiger partial charge in [0.25, 0.3) is 5.91 Å². The molecule has 1 aliphatic rings. The summed E-state index contributed by atoms with van der Waals surface area (Å²) in [5, 5.41) is 4.73. The van der Waals surface area contributed by atoms with E-state index < -0.39 is 0 Å². The Kier molecular flexibility index (Phi) is 7.79. The van der Waals surface area contributed by atoms with Crippen LogP contribution in [0.4, 0.5) is 0 Å². The number of allylic oxidation sites excluding steroid dienone is 1. The maximum absolute atomic E-state index is 12.0. The van der Waals surface area contributed by atoms with E-state index in [0.717, 1.165) is 43.3 Å². The van der Waals surface area contributed by atoms with Crippen molar-refractivity contribution in [1.82, 2.24) is 15.2 Å². The molecular formula is C22H25ClN4O. The molecule has 2 aromatic carbocycles. The van der Waals surface area contributed by atoms with Gasteiger partial charge in [0.1, 0.15) is 0 Å². The van der Waals surface area contributed by atoms with Crippen LogP contribution in [-0.2, 0) is 11.3 Å². The third kappa shape index (κ3) is 6.93. The molecule has 3 rings (SSSR count). The van der Waals surface area contributed by atoms with Gasteiger partial charge in [0.05, 0.1) is 6.54 Å². The van der Waals surface area contributed by atoms with Crippen molar-refractivity contribution in [3.05, 3.63) is 76.8 Å². The predicted octanol–water partition coefficient (Wildman–Crippen LogP) is 3.27. The molecule has 0 aliphatic carbocycles. The Bertz CT molecular complexity index is 797. The zero-order chi connectivity index (χ0) is 19.6. The van der Waals surface area contributed by atoms with Crippen molar-refractivity contribution in [3.8, 4) is 0 Å². The number of carbonyl (C=O) groups excluding carboxylic acids is 1. The summed E-state index contributed by atoms with van der Waals surface area (Å²) < 4.78 is 0. The molecule has 0 spiro atoms. The van der Waals surface area contributed by atoms with Gasteiger partial charge in [-0.3, -0.25) is 14.6 Å². The number of carbonyl (C=O) groups is 1. The van der Waals surface area contributed by atoms with E-state index in [2.05, 4.69) is 32.5 Å². The molecule has 0 radical (unpaired) electrons. The van der Waals surface area contributed by atoms with Gasteiger partial charge in [-0.1, -0.05) is 60.1 Å². The van der Waals surface area contributed by atoms with Gasteiger partial charge >= 0.3 is 0 Å². The lowest BCUT2D eigenvalue weighted by Crippen LogP contribution is -2.48. The van der Waals surface area contributed by atoms with Gasteiger partial charge in [-0.25, -0.2) is 5.43 Å². The van der Waals surface area contributed by atoms with Gasteiger partial charge in [0.15, 0.2) is 0 Å². The van der Waals surface area contributed by atoms with Crippen molar-refractivity contribution in [2.45, 2.75) is 6.54 Å². The summed E-state index contributed by atoms with van der Waals surface area (Å²) in [5.74, 6) is -0.0875. The molecule has 28 heavy (non-hydrogen) atoms. The van der Waals surface area contributed by atoms with E-state index in [1.54, 1.807) is 6.21 Å². The fourth-order valence-corrected chi connectivity index (χ4v) is 3.19. The van der Waals surface area contributed by atoms with E-state index >= 15 is 0 Å². The zero-order valence-corrected chi connectivity index (χ0v) is 16.6. The number of benzene rings is 2. The molecule has 6 heteroatoms. The van der Waals surface area contributed by atoms with E-state index in [0.29, 0.717) is 6.54 Å². The number of nitrogens with one attached hydrogen (secondary N) is 1. The number of amides is 1. The highest BCUT2D eigenvalue weighted by molar-refractivity contribution is 6.30. The number of piperazine rings is 1. The van der Waals surface area contributed by atoms with Gasteiger partial charge < -0.3 is 0 Å². The highest BCUT2D eigenvalue weighted by Crippen LogP contribution is 2.12. The number of hydrogen-bond acceptors (Lipinski definition) is 4. The smallest absolute Gasteiger partial charge is 0.254 e. The lowest BCUT2D eigenvalue weighted by Gasteiger charge is -2.34. The van der Waals surface area contributed by atoms with Crippen LogP contribution in [0.2, 0.25) is 5.02 Å². The van der Waals surface area contributed by atoms with E-state index in [1.165, 1.54) is 5.56 Å². The van der Waals surface area contributed by atoms with Crippen molar-refractivity contribution in [2.75, 3.05) is 32.7 Å². The van der Waals surface area contributed by atoms with Gasteiger partial charge in [0, 0.05) is 44.0 Å². The quantitative estimate of drug-likeness (QED) is 0.577. The van der Waals surface area contributed by atoms with Crippen LogP contribution in [0.3, 0.4) is 0 Å². The molecule has 1 fully saturated rings. The summed E-state index contributed by atoms with van der Waals surface area (Å²) in [4.78, 5) is 16.6. The normalized spacial score (nSPS) is 16.0. The molecule has 146 valence electrons. The number of hydrogen-bond donors (Lipinski definition) is 1. The molecule has 2 aromatic rings. The van der Waals surface area contributed by atoms with Crippen LogP contribution in [-0.4, -0.2) is 54.6 Å². The largest absolute Gasteiger partial charge is 0.297 e. The molecule has 1 N–H and O–H groups in total. The van der Waals surface area contributed by atoms with Crippen LogP contribution in [0.15, 0.2) is 65.8 Å². The molecule has 0 unspecified atom stereocenters. The maximum Gasteiger partial charge on any atom is 0.254 e. The van der Waals surface area contributed by atoms with Crippen LogP contribution < -0.4 is 5.43 Å². The van der Waals surface area contributed by atoms with E-state index in [1.807, 2.05) is 54.6 Å². The van der Waals surface area contributed by atoms with Crippen molar-refractivity contribution in [1.29, 1.82) is 0 Å². The fourth-order valence-electron chi connectivity index (χ4n) is 3.06. The Balaban J connectivity index is 1.33. The van der Waals surface area contributed by atoms with Crippen molar-refractivity contribution in [2.24, 2.45) is 5.10 Å². The Morgan fingerprint density at radius 1 is 1.00 bits per heavy atom. The van der Waals surface area contributed by atoms with Gasteiger partial charge in [-0.05, 0) is 29.3 Å². The molecular weight excluding hydrogens is 372 g/mol. The standard InChI is InChI=1S/C22H25ClN4O/c23-21-10-8-20(9-11-21)17-26-13-15-27(16-14-26)18-22(28)25-24-12-4-7-19-5-2-1-3-6-19/h1-12H,13-18H2,(H,25,28)/b7-4+,24-12-. The first-order chi connectivity index (χ1) is 13.7. The van der Waals surface area contributed by atoms with Gasteiger partial charge in [-0.2, -0.15) is 5.10 Å². The fraction of sp³-hybridized carbons (Fsp3) is 0.273. The lowest BCUT2D eigenvalue weighted by molar-refractivity contribution is -0.122. The number of halogens is 1. The Morgan fingerprint density at radius 2 is 1.68 bits per heavy atom. The second-order valence-corrected chi connectivity index (χ2v) is 7.20. The summed E-state index contributed by atoms with van der Waals surface area (Å²) in [6.45, 7) is 4.92. The Morgan fingerprint density at radius 3 is 2.39 bits per heavy atom. The molecule has 1 aliphatic heterocycles. The Hall–Kier alpha value is -2.47. The molecule has 1 amide bonds. The van der Waals surface area contributed by atoms with E-state index in [-0.39, 0.29) is 5.91 Å². The van der Waals surface area contributed by atoms with Gasteiger partial charge in [0.2, 0.25) is 0 Å². The number of nitrogens with zero attached hydrogens (tertiary/aromatic N) is 3. The summed E-state index contributed by atoms with van der Waals surface area (Å²) in [6, 6.07) is 17.9. The zero-order valence-electron chi connectivity index (χ0n) is 15.8. The van der Waals surface area contributed by atoms with Crippen molar-refractivity contribution >= 4 is 29.8 Å². The number of hydrazone groups is 1. The molecule has 0 atom stereocenters. The highest BCUT2D eigenvalue weighted by Gasteiger charge is 2.18. The molecule has 0 saturated carbocycles. The second kappa shape index (κ2) is 10.8. The minimum atomic E-state index is -0.0875. The molecule has 1 saturated heterocycles. The average Bonchev–Trinajstić information content (AvgIpc) is 2.72. The summed E-state index contributed by atoms with van der Waals surface area (Å²) in [6.07, 6.45) is 5.34. The first-order valence-corrected chi connectivity index (χ1v) is 9.79. The summed E-state index contributed by atoms with van der Waals surface area (Å²) in [7, 11) is 0.